The second-order valence-electron chi connectivity index (χ2n) is 5.65. The second-order valence-corrected chi connectivity index (χ2v) is 5.65. The smallest absolute Gasteiger partial charge is 0.145 e. The van der Waals surface area contributed by atoms with Crippen molar-refractivity contribution in [2.75, 3.05) is 17.8 Å². The fourth-order valence-electron chi connectivity index (χ4n) is 3.46. The molecule has 2 atom stereocenters. The molecule has 1 aromatic rings. The molecule has 0 radical (unpaired) electrons. The lowest BCUT2D eigenvalue weighted by Crippen LogP contribution is -2.52. The number of rotatable bonds is 3. The van der Waals surface area contributed by atoms with Crippen LogP contribution in [-0.4, -0.2) is 40.0 Å². The first-order valence-corrected chi connectivity index (χ1v) is 7.03. The van der Waals surface area contributed by atoms with Crippen LogP contribution >= 0.6 is 0 Å². The summed E-state index contributed by atoms with van der Waals surface area (Å²) in [6.07, 6.45) is 7.95. The molecule has 6 heteroatoms. The molecule has 0 amide bonds. The number of nitrogens with one attached hydrogen (secondary N) is 2. The first-order valence-electron chi connectivity index (χ1n) is 7.03. The third-order valence-electron chi connectivity index (χ3n) is 4.51. The summed E-state index contributed by atoms with van der Waals surface area (Å²) >= 11 is 0. The van der Waals surface area contributed by atoms with E-state index in [1.165, 1.54) is 38.4 Å². The van der Waals surface area contributed by atoms with Crippen LogP contribution in [0.3, 0.4) is 0 Å². The molecule has 0 saturated carbocycles. The average molecular weight is 262 g/mol. The predicted octanol–water partition coefficient (Wildman–Crippen LogP) is 1.19. The maximum absolute atomic E-state index is 5.37. The quantitative estimate of drug-likeness (QED) is 0.561. The van der Waals surface area contributed by atoms with Gasteiger partial charge in [-0.1, -0.05) is 6.42 Å². The molecule has 19 heavy (non-hydrogen) atoms. The zero-order valence-corrected chi connectivity index (χ0v) is 11.3. The van der Waals surface area contributed by atoms with E-state index in [4.69, 9.17) is 5.84 Å². The van der Waals surface area contributed by atoms with Gasteiger partial charge in [0.15, 0.2) is 0 Å². The molecule has 2 unspecified atom stereocenters. The Labute approximate surface area is 113 Å². The number of nitrogens with two attached hydrogens (primary N) is 1. The van der Waals surface area contributed by atoms with E-state index in [2.05, 4.69) is 32.7 Å². The molecule has 0 aliphatic carbocycles. The van der Waals surface area contributed by atoms with Crippen LogP contribution in [0, 0.1) is 0 Å². The summed E-state index contributed by atoms with van der Waals surface area (Å²) in [4.78, 5) is 10.9. The largest absolute Gasteiger partial charge is 0.367 e. The number of hydrogen-bond acceptors (Lipinski definition) is 6. The topological polar surface area (TPSA) is 79.1 Å². The Balaban J connectivity index is 1.67. The molecule has 2 aliphatic rings. The van der Waals surface area contributed by atoms with Crippen molar-refractivity contribution in [3.05, 3.63) is 12.4 Å². The van der Waals surface area contributed by atoms with E-state index in [0.717, 1.165) is 17.9 Å². The Bertz CT molecular complexity index is 423. The van der Waals surface area contributed by atoms with Crippen molar-refractivity contribution in [3.63, 3.8) is 0 Å². The lowest BCUT2D eigenvalue weighted by molar-refractivity contribution is 0.0608. The second kappa shape index (κ2) is 5.30. The minimum Gasteiger partial charge on any atom is -0.367 e. The number of nitrogen functional groups attached to an aromatic ring is 1. The van der Waals surface area contributed by atoms with E-state index in [0.29, 0.717) is 11.9 Å². The fourth-order valence-corrected chi connectivity index (χ4v) is 3.46. The van der Waals surface area contributed by atoms with Crippen molar-refractivity contribution in [1.29, 1.82) is 0 Å². The van der Waals surface area contributed by atoms with Gasteiger partial charge in [0, 0.05) is 24.2 Å². The number of hydrogen-bond donors (Lipinski definition) is 3. The summed E-state index contributed by atoms with van der Waals surface area (Å²) in [7, 11) is 2.27. The average Bonchev–Trinajstić information content (AvgIpc) is 2.40. The maximum Gasteiger partial charge on any atom is 0.145 e. The molecule has 1 aromatic heterocycles. The van der Waals surface area contributed by atoms with Crippen molar-refractivity contribution in [2.45, 2.75) is 50.2 Å². The molecule has 2 aliphatic heterocycles. The first kappa shape index (κ1) is 12.6. The van der Waals surface area contributed by atoms with Gasteiger partial charge in [-0.25, -0.2) is 15.8 Å². The van der Waals surface area contributed by atoms with Crippen LogP contribution in [0.4, 0.5) is 11.6 Å². The molecule has 6 nitrogen and oxygen atoms in total. The van der Waals surface area contributed by atoms with E-state index < -0.39 is 0 Å². The Kier molecular flexibility index (Phi) is 3.52. The van der Waals surface area contributed by atoms with Crippen molar-refractivity contribution in [2.24, 2.45) is 5.84 Å². The van der Waals surface area contributed by atoms with Gasteiger partial charge in [-0.2, -0.15) is 0 Å². The fraction of sp³-hybridized carbons (Fsp3) is 0.692. The minimum atomic E-state index is 0.507. The normalized spacial score (nSPS) is 30.9. The molecule has 4 N–H and O–H groups in total. The highest BCUT2D eigenvalue weighted by molar-refractivity contribution is 5.46. The number of hydrazine groups is 1. The SMILES string of the molecule is CN1C2CCCC1CC(Nc1cc(NN)ncn1)C2. The summed E-state index contributed by atoms with van der Waals surface area (Å²) in [6, 6.07) is 3.80. The van der Waals surface area contributed by atoms with E-state index in [9.17, 15) is 0 Å². The Morgan fingerprint density at radius 2 is 1.89 bits per heavy atom. The molecular formula is C13H22N6. The van der Waals surface area contributed by atoms with Gasteiger partial charge in [0.05, 0.1) is 0 Å². The number of fused-ring (bicyclic) bond motifs is 2. The monoisotopic (exact) mass is 262 g/mol. The highest BCUT2D eigenvalue weighted by Crippen LogP contribution is 2.33. The van der Waals surface area contributed by atoms with Gasteiger partial charge in [0.2, 0.25) is 0 Å². The molecule has 0 spiro atoms. The maximum atomic E-state index is 5.37. The number of aromatic nitrogens is 2. The number of piperidine rings is 2. The lowest BCUT2D eigenvalue weighted by Gasteiger charge is -2.47. The van der Waals surface area contributed by atoms with Crippen molar-refractivity contribution in [3.8, 4) is 0 Å². The van der Waals surface area contributed by atoms with Crippen LogP contribution in [0.1, 0.15) is 32.1 Å². The molecule has 2 bridgehead atoms. The van der Waals surface area contributed by atoms with Crippen molar-refractivity contribution < 1.29 is 0 Å². The van der Waals surface area contributed by atoms with Crippen molar-refractivity contribution in [1.82, 2.24) is 14.9 Å². The molecule has 3 heterocycles. The minimum absolute atomic E-state index is 0.507. The van der Waals surface area contributed by atoms with Gasteiger partial charge >= 0.3 is 0 Å². The van der Waals surface area contributed by atoms with Crippen LogP contribution in [0.25, 0.3) is 0 Å². The van der Waals surface area contributed by atoms with Gasteiger partial charge in [-0.3, -0.25) is 0 Å². The van der Waals surface area contributed by atoms with Gasteiger partial charge in [-0.15, -0.1) is 0 Å². The third kappa shape index (κ3) is 2.64. The number of nitrogens with zero attached hydrogens (tertiary/aromatic N) is 3. The standard InChI is InChI=1S/C13H22N6/c1-19-10-3-2-4-11(19)6-9(5-10)17-12-7-13(18-14)16-8-15-12/h7-11H,2-6,14H2,1H3,(H2,15,16,17,18). The molecule has 104 valence electrons. The zero-order chi connectivity index (χ0) is 13.2. The summed E-state index contributed by atoms with van der Waals surface area (Å²) in [6.45, 7) is 0. The van der Waals surface area contributed by atoms with Gasteiger partial charge in [0.1, 0.15) is 18.0 Å². The summed E-state index contributed by atoms with van der Waals surface area (Å²) in [5, 5.41) is 3.53. The molecule has 3 rings (SSSR count). The summed E-state index contributed by atoms with van der Waals surface area (Å²) in [5.74, 6) is 6.87. The molecule has 2 fully saturated rings. The lowest BCUT2D eigenvalue weighted by atomic mass is 9.82. The highest BCUT2D eigenvalue weighted by atomic mass is 15.3. The van der Waals surface area contributed by atoms with E-state index in [1.807, 2.05) is 6.07 Å². The summed E-state index contributed by atoms with van der Waals surface area (Å²) in [5.41, 5.74) is 2.55. The van der Waals surface area contributed by atoms with Crippen LogP contribution in [0.15, 0.2) is 12.4 Å². The van der Waals surface area contributed by atoms with Gasteiger partial charge in [-0.05, 0) is 32.7 Å². The van der Waals surface area contributed by atoms with E-state index in [1.54, 1.807) is 0 Å². The first-order chi connectivity index (χ1) is 9.26. The molecule has 0 aromatic carbocycles. The van der Waals surface area contributed by atoms with E-state index in [-0.39, 0.29) is 0 Å². The third-order valence-corrected chi connectivity index (χ3v) is 4.51. The van der Waals surface area contributed by atoms with Crippen LogP contribution < -0.4 is 16.6 Å². The zero-order valence-electron chi connectivity index (χ0n) is 11.3. The Hall–Kier alpha value is -1.40. The van der Waals surface area contributed by atoms with Gasteiger partial charge in [0.25, 0.3) is 0 Å². The number of anilines is 2. The van der Waals surface area contributed by atoms with Crippen molar-refractivity contribution >= 4 is 11.6 Å². The molecular weight excluding hydrogens is 240 g/mol. The Morgan fingerprint density at radius 3 is 2.58 bits per heavy atom. The van der Waals surface area contributed by atoms with Gasteiger partial charge < -0.3 is 15.6 Å². The van der Waals surface area contributed by atoms with Crippen LogP contribution in [-0.2, 0) is 0 Å². The van der Waals surface area contributed by atoms with Crippen LogP contribution in [0.5, 0.6) is 0 Å². The predicted molar refractivity (Wildman–Crippen MR) is 75.7 cm³/mol. The highest BCUT2D eigenvalue weighted by Gasteiger charge is 2.35. The van der Waals surface area contributed by atoms with Crippen LogP contribution in [0.2, 0.25) is 0 Å². The molecule has 2 saturated heterocycles. The van der Waals surface area contributed by atoms with E-state index >= 15 is 0 Å². The summed E-state index contributed by atoms with van der Waals surface area (Å²) < 4.78 is 0. The Morgan fingerprint density at radius 1 is 1.21 bits per heavy atom.